The van der Waals surface area contributed by atoms with Crippen molar-refractivity contribution < 1.29 is 9.84 Å². The molecule has 0 saturated heterocycles. The molecule has 0 amide bonds. The molecule has 1 saturated carbocycles. The minimum Gasteiger partial charge on any atom is -0.389 e. The van der Waals surface area contributed by atoms with Gasteiger partial charge in [-0.15, -0.1) is 0 Å². The van der Waals surface area contributed by atoms with Crippen molar-refractivity contribution in [2.24, 2.45) is 5.73 Å². The van der Waals surface area contributed by atoms with Crippen LogP contribution in [-0.4, -0.2) is 30.5 Å². The average Bonchev–Trinajstić information content (AvgIpc) is 2.50. The predicted molar refractivity (Wildman–Crippen MR) is 34.0 cm³/mol. The van der Waals surface area contributed by atoms with Gasteiger partial charge in [0.1, 0.15) is 0 Å². The van der Waals surface area contributed by atoms with Crippen LogP contribution in [0.2, 0.25) is 0 Å². The molecule has 9 heavy (non-hydrogen) atoms. The summed E-state index contributed by atoms with van der Waals surface area (Å²) in [5, 5.41) is 9.20. The first-order valence-electron chi connectivity index (χ1n) is 3.15. The second-order valence-corrected chi connectivity index (χ2v) is 2.70. The van der Waals surface area contributed by atoms with Crippen molar-refractivity contribution in [3.63, 3.8) is 0 Å². The number of aliphatic hydroxyl groups is 1. The van der Waals surface area contributed by atoms with Crippen molar-refractivity contribution in [1.29, 1.82) is 0 Å². The maximum Gasteiger partial charge on any atom is 0.0952 e. The van der Waals surface area contributed by atoms with Crippen LogP contribution in [0.15, 0.2) is 0 Å². The number of aliphatic hydroxyl groups excluding tert-OH is 1. The zero-order valence-electron chi connectivity index (χ0n) is 5.63. The molecule has 1 fully saturated rings. The van der Waals surface area contributed by atoms with Crippen LogP contribution < -0.4 is 5.73 Å². The summed E-state index contributed by atoms with van der Waals surface area (Å²) in [5.74, 6) is 0. The van der Waals surface area contributed by atoms with Crippen molar-refractivity contribution in [2.45, 2.75) is 24.5 Å². The Balaban J connectivity index is 2.24. The van der Waals surface area contributed by atoms with Crippen LogP contribution in [0.4, 0.5) is 0 Å². The molecule has 3 nitrogen and oxygen atoms in total. The Bertz CT molecular complexity index is 101. The average molecular weight is 131 g/mol. The summed E-state index contributed by atoms with van der Waals surface area (Å²) in [6.45, 7) is 0.358. The van der Waals surface area contributed by atoms with Gasteiger partial charge in [0.05, 0.1) is 12.7 Å². The Labute approximate surface area is 54.8 Å². The van der Waals surface area contributed by atoms with Crippen molar-refractivity contribution in [2.75, 3.05) is 13.7 Å². The third kappa shape index (κ3) is 1.41. The molecule has 1 rings (SSSR count). The molecule has 1 aliphatic carbocycles. The minimum atomic E-state index is -0.470. The highest BCUT2D eigenvalue weighted by Crippen LogP contribution is 2.35. The molecule has 0 aromatic carbocycles. The molecule has 3 heteroatoms. The fourth-order valence-corrected chi connectivity index (χ4v) is 0.801. The summed E-state index contributed by atoms with van der Waals surface area (Å²) in [6.07, 6.45) is 1.39. The molecule has 1 unspecified atom stereocenters. The molecule has 0 heterocycles. The lowest BCUT2D eigenvalue weighted by Gasteiger charge is -2.15. The fraction of sp³-hybridized carbons (Fsp3) is 1.00. The van der Waals surface area contributed by atoms with Crippen LogP contribution >= 0.6 is 0 Å². The minimum absolute atomic E-state index is 0.310. The van der Waals surface area contributed by atoms with Gasteiger partial charge in [-0.2, -0.15) is 0 Å². The van der Waals surface area contributed by atoms with Crippen LogP contribution in [-0.2, 0) is 4.74 Å². The lowest BCUT2D eigenvalue weighted by molar-refractivity contribution is 0.0414. The Morgan fingerprint density at radius 1 is 1.78 bits per heavy atom. The summed E-state index contributed by atoms with van der Waals surface area (Å²) in [6, 6.07) is 0. The number of methoxy groups -OCH3 is 1. The summed E-state index contributed by atoms with van der Waals surface area (Å²) in [5.41, 5.74) is 5.34. The summed E-state index contributed by atoms with van der Waals surface area (Å²) < 4.78 is 4.74. The van der Waals surface area contributed by atoms with E-state index in [1.807, 2.05) is 0 Å². The largest absolute Gasteiger partial charge is 0.389 e. The van der Waals surface area contributed by atoms with Gasteiger partial charge < -0.3 is 15.6 Å². The second-order valence-electron chi connectivity index (χ2n) is 2.70. The number of ether oxygens (including phenoxy) is 1. The molecule has 3 N–H and O–H groups in total. The number of hydrogen-bond acceptors (Lipinski definition) is 3. The van der Waals surface area contributed by atoms with E-state index in [0.29, 0.717) is 6.61 Å². The Kier molecular flexibility index (Phi) is 1.75. The van der Waals surface area contributed by atoms with Gasteiger partial charge in [-0.1, -0.05) is 0 Å². The van der Waals surface area contributed by atoms with E-state index in [-0.39, 0.29) is 5.54 Å². The molecule has 0 radical (unpaired) electrons. The zero-order chi connectivity index (χ0) is 6.91. The Morgan fingerprint density at radius 2 is 2.33 bits per heavy atom. The lowest BCUT2D eigenvalue weighted by atomic mass is 10.1. The summed E-state index contributed by atoms with van der Waals surface area (Å²) in [7, 11) is 1.56. The van der Waals surface area contributed by atoms with Crippen molar-refractivity contribution in [1.82, 2.24) is 0 Å². The highest BCUT2D eigenvalue weighted by molar-refractivity contribution is 5.04. The highest BCUT2D eigenvalue weighted by atomic mass is 16.5. The molecule has 1 atom stereocenters. The molecule has 54 valence electrons. The molecule has 1 aliphatic rings. The normalized spacial score (nSPS) is 25.7. The maximum absolute atomic E-state index is 9.20. The summed E-state index contributed by atoms with van der Waals surface area (Å²) in [4.78, 5) is 0. The van der Waals surface area contributed by atoms with Gasteiger partial charge in [0.15, 0.2) is 0 Å². The smallest absolute Gasteiger partial charge is 0.0952 e. The Hall–Kier alpha value is -0.120. The van der Waals surface area contributed by atoms with Crippen LogP contribution in [0.25, 0.3) is 0 Å². The van der Waals surface area contributed by atoms with E-state index in [9.17, 15) is 5.11 Å². The molecular formula is C6H13NO2. The van der Waals surface area contributed by atoms with Gasteiger partial charge in [-0.25, -0.2) is 0 Å². The monoisotopic (exact) mass is 131 g/mol. The van der Waals surface area contributed by atoms with Crippen LogP contribution in [0, 0.1) is 0 Å². The van der Waals surface area contributed by atoms with Crippen LogP contribution in [0.3, 0.4) is 0 Å². The lowest BCUT2D eigenvalue weighted by Crippen LogP contribution is -2.39. The van der Waals surface area contributed by atoms with Gasteiger partial charge in [0.25, 0.3) is 0 Å². The zero-order valence-corrected chi connectivity index (χ0v) is 5.63. The number of rotatable bonds is 3. The van der Waals surface area contributed by atoms with E-state index in [1.165, 1.54) is 0 Å². The fourth-order valence-electron chi connectivity index (χ4n) is 0.801. The van der Waals surface area contributed by atoms with Crippen molar-refractivity contribution >= 4 is 0 Å². The molecule has 0 aromatic heterocycles. The maximum atomic E-state index is 9.20. The summed E-state index contributed by atoms with van der Waals surface area (Å²) >= 11 is 0. The van der Waals surface area contributed by atoms with E-state index in [4.69, 9.17) is 10.5 Å². The third-order valence-corrected chi connectivity index (χ3v) is 1.82. The molecule has 0 aromatic rings. The quantitative estimate of drug-likeness (QED) is 0.542. The van der Waals surface area contributed by atoms with E-state index in [1.54, 1.807) is 7.11 Å². The number of hydrogen-bond donors (Lipinski definition) is 2. The van der Waals surface area contributed by atoms with E-state index in [0.717, 1.165) is 12.8 Å². The van der Waals surface area contributed by atoms with Gasteiger partial charge in [0.2, 0.25) is 0 Å². The van der Waals surface area contributed by atoms with Gasteiger partial charge in [0, 0.05) is 12.6 Å². The van der Waals surface area contributed by atoms with Crippen molar-refractivity contribution in [3.8, 4) is 0 Å². The first-order valence-corrected chi connectivity index (χ1v) is 3.15. The predicted octanol–water partition coefficient (Wildman–Crippen LogP) is -0.515. The van der Waals surface area contributed by atoms with Gasteiger partial charge in [-0.05, 0) is 12.8 Å². The molecular weight excluding hydrogens is 118 g/mol. The highest BCUT2D eigenvalue weighted by Gasteiger charge is 2.44. The standard InChI is InChI=1S/C6H13NO2/c1-9-4-5(8)6(7)2-3-6/h5,8H,2-4,7H2,1H3. The van der Waals surface area contributed by atoms with Crippen molar-refractivity contribution in [3.05, 3.63) is 0 Å². The first-order chi connectivity index (χ1) is 4.19. The first kappa shape index (κ1) is 6.99. The van der Waals surface area contributed by atoms with Gasteiger partial charge >= 0.3 is 0 Å². The number of nitrogens with two attached hydrogens (primary N) is 1. The second kappa shape index (κ2) is 2.25. The van der Waals surface area contributed by atoms with E-state index >= 15 is 0 Å². The van der Waals surface area contributed by atoms with E-state index < -0.39 is 6.10 Å². The molecule has 0 bridgehead atoms. The molecule has 0 aliphatic heterocycles. The third-order valence-electron chi connectivity index (χ3n) is 1.82. The van der Waals surface area contributed by atoms with Crippen LogP contribution in [0.5, 0.6) is 0 Å². The van der Waals surface area contributed by atoms with E-state index in [2.05, 4.69) is 0 Å². The topological polar surface area (TPSA) is 55.5 Å². The molecule has 0 spiro atoms. The Morgan fingerprint density at radius 3 is 2.67 bits per heavy atom. The van der Waals surface area contributed by atoms with Gasteiger partial charge in [-0.3, -0.25) is 0 Å². The SMILES string of the molecule is COCC(O)C1(N)CC1. The van der Waals surface area contributed by atoms with Crippen LogP contribution in [0.1, 0.15) is 12.8 Å².